The molecule has 0 spiro atoms. The number of nitrogens with one attached hydrogen (secondary N) is 1. The molecular weight excluding hydrogens is 300 g/mol. The molecule has 1 aliphatic heterocycles. The molecule has 0 radical (unpaired) electrons. The van der Waals surface area contributed by atoms with E-state index >= 15 is 0 Å². The maximum Gasteiger partial charge on any atom is 0.154 e. The molecule has 1 saturated heterocycles. The summed E-state index contributed by atoms with van der Waals surface area (Å²) in [6, 6.07) is 14.6. The molecule has 1 aliphatic rings. The fourth-order valence-electron chi connectivity index (χ4n) is 2.88. The summed E-state index contributed by atoms with van der Waals surface area (Å²) in [6.45, 7) is 1.63. The number of aromatic nitrogens is 3. The third-order valence-electron chi connectivity index (χ3n) is 4.21. The number of rotatable bonds is 4. The quantitative estimate of drug-likeness (QED) is 0.799. The van der Waals surface area contributed by atoms with Crippen molar-refractivity contribution in [3.05, 3.63) is 59.9 Å². The molecule has 0 unspecified atom stereocenters. The monoisotopic (exact) mass is 320 g/mol. The van der Waals surface area contributed by atoms with E-state index in [0.29, 0.717) is 6.04 Å². The van der Waals surface area contributed by atoms with Gasteiger partial charge in [0.15, 0.2) is 5.65 Å². The Hall–Kier alpha value is -2.66. The third-order valence-corrected chi connectivity index (χ3v) is 4.21. The molecule has 0 saturated carbocycles. The number of benzene rings is 1. The first-order valence-electron chi connectivity index (χ1n) is 8.31. The smallest absolute Gasteiger partial charge is 0.154 e. The summed E-state index contributed by atoms with van der Waals surface area (Å²) in [4.78, 5) is 4.42. The van der Waals surface area contributed by atoms with E-state index in [4.69, 9.17) is 9.84 Å². The number of hydrogen-bond donors (Lipinski definition) is 1. The zero-order valence-electron chi connectivity index (χ0n) is 13.4. The van der Waals surface area contributed by atoms with Gasteiger partial charge in [-0.25, -0.2) is 9.50 Å². The van der Waals surface area contributed by atoms with Gasteiger partial charge in [-0.15, -0.1) is 5.10 Å². The second kappa shape index (κ2) is 6.84. The first kappa shape index (κ1) is 14.9. The summed E-state index contributed by atoms with van der Waals surface area (Å²) >= 11 is 0. The van der Waals surface area contributed by atoms with Gasteiger partial charge in [-0.05, 0) is 36.6 Å². The molecule has 0 bridgehead atoms. The zero-order valence-corrected chi connectivity index (χ0v) is 13.4. The molecular formula is C19H20N4O. The lowest BCUT2D eigenvalue weighted by Gasteiger charge is -2.23. The lowest BCUT2D eigenvalue weighted by molar-refractivity contribution is 0.0903. The van der Waals surface area contributed by atoms with Crippen LogP contribution in [0.3, 0.4) is 0 Å². The van der Waals surface area contributed by atoms with Crippen LogP contribution < -0.4 is 5.32 Å². The second-order valence-corrected chi connectivity index (χ2v) is 5.95. The Labute approximate surface area is 141 Å². The number of ether oxygens (including phenoxy) is 1. The molecule has 24 heavy (non-hydrogen) atoms. The van der Waals surface area contributed by atoms with Crippen LogP contribution in [0.1, 0.15) is 24.1 Å². The van der Waals surface area contributed by atoms with Gasteiger partial charge in [0.25, 0.3) is 0 Å². The highest BCUT2D eigenvalue weighted by atomic mass is 16.5. The van der Waals surface area contributed by atoms with E-state index in [0.717, 1.165) is 48.8 Å². The molecule has 3 heterocycles. The molecule has 0 aliphatic carbocycles. The van der Waals surface area contributed by atoms with Gasteiger partial charge in [0.1, 0.15) is 5.82 Å². The Kier molecular flexibility index (Phi) is 4.25. The van der Waals surface area contributed by atoms with Crippen LogP contribution in [0, 0.1) is 0 Å². The SMILES string of the molecule is C(=Cc1cnc2ccc(NC3CCOCC3)nn12)c1ccccc1. The Bertz CT molecular complexity index is 835. The van der Waals surface area contributed by atoms with E-state index in [1.54, 1.807) is 0 Å². The fourth-order valence-corrected chi connectivity index (χ4v) is 2.88. The lowest BCUT2D eigenvalue weighted by atomic mass is 10.1. The van der Waals surface area contributed by atoms with Crippen LogP contribution in [-0.4, -0.2) is 33.9 Å². The number of anilines is 1. The van der Waals surface area contributed by atoms with Crippen molar-refractivity contribution < 1.29 is 4.74 Å². The molecule has 1 N–H and O–H groups in total. The van der Waals surface area contributed by atoms with Crippen molar-refractivity contribution >= 4 is 23.6 Å². The van der Waals surface area contributed by atoms with Crippen molar-refractivity contribution in [3.63, 3.8) is 0 Å². The molecule has 5 nitrogen and oxygen atoms in total. The van der Waals surface area contributed by atoms with Gasteiger partial charge in [-0.2, -0.15) is 0 Å². The van der Waals surface area contributed by atoms with Gasteiger partial charge in [0, 0.05) is 19.3 Å². The number of hydrogen-bond acceptors (Lipinski definition) is 4. The Morgan fingerprint density at radius 2 is 1.88 bits per heavy atom. The van der Waals surface area contributed by atoms with Gasteiger partial charge in [0.05, 0.1) is 11.9 Å². The molecule has 0 amide bonds. The van der Waals surface area contributed by atoms with Gasteiger partial charge < -0.3 is 10.1 Å². The van der Waals surface area contributed by atoms with Crippen molar-refractivity contribution in [1.29, 1.82) is 0 Å². The van der Waals surface area contributed by atoms with E-state index in [9.17, 15) is 0 Å². The molecule has 3 aromatic rings. The van der Waals surface area contributed by atoms with Gasteiger partial charge in [-0.3, -0.25) is 0 Å². The van der Waals surface area contributed by atoms with E-state index in [-0.39, 0.29) is 0 Å². The second-order valence-electron chi connectivity index (χ2n) is 5.95. The van der Waals surface area contributed by atoms with Crippen molar-refractivity contribution in [3.8, 4) is 0 Å². The first-order chi connectivity index (χ1) is 11.9. The summed E-state index contributed by atoms with van der Waals surface area (Å²) in [7, 11) is 0. The van der Waals surface area contributed by atoms with Crippen molar-refractivity contribution in [2.45, 2.75) is 18.9 Å². The van der Waals surface area contributed by atoms with Crippen LogP contribution in [0.5, 0.6) is 0 Å². The molecule has 0 atom stereocenters. The van der Waals surface area contributed by atoms with Gasteiger partial charge >= 0.3 is 0 Å². The van der Waals surface area contributed by atoms with Crippen LogP contribution in [0.4, 0.5) is 5.82 Å². The maximum atomic E-state index is 5.40. The highest BCUT2D eigenvalue weighted by Gasteiger charge is 2.14. The molecule has 1 aromatic carbocycles. The standard InChI is InChI=1S/C19H20N4O/c1-2-4-15(5-3-1)6-7-17-14-20-19-9-8-18(22-23(17)19)21-16-10-12-24-13-11-16/h1-9,14,16H,10-13H2,(H,21,22). The van der Waals surface area contributed by atoms with Crippen LogP contribution in [0.15, 0.2) is 48.7 Å². The number of fused-ring (bicyclic) bond motifs is 1. The topological polar surface area (TPSA) is 51.5 Å². The Morgan fingerprint density at radius 1 is 1.04 bits per heavy atom. The first-order valence-corrected chi connectivity index (χ1v) is 8.31. The molecule has 5 heteroatoms. The molecule has 122 valence electrons. The van der Waals surface area contributed by atoms with Crippen molar-refractivity contribution in [1.82, 2.24) is 14.6 Å². The molecule has 4 rings (SSSR count). The van der Waals surface area contributed by atoms with Crippen molar-refractivity contribution in [2.75, 3.05) is 18.5 Å². The average Bonchev–Trinajstić information content (AvgIpc) is 3.04. The maximum absolute atomic E-state index is 5.40. The summed E-state index contributed by atoms with van der Waals surface area (Å²) < 4.78 is 7.28. The Balaban J connectivity index is 1.57. The molecule has 1 fully saturated rings. The third kappa shape index (κ3) is 3.31. The van der Waals surface area contributed by atoms with Crippen LogP contribution >= 0.6 is 0 Å². The predicted molar refractivity (Wildman–Crippen MR) is 95.8 cm³/mol. The summed E-state index contributed by atoms with van der Waals surface area (Å²) in [5, 5.41) is 8.19. The highest BCUT2D eigenvalue weighted by molar-refractivity contribution is 5.69. The van der Waals surface area contributed by atoms with Crippen LogP contribution in [0.2, 0.25) is 0 Å². The van der Waals surface area contributed by atoms with E-state index in [1.807, 2.05) is 47.1 Å². The summed E-state index contributed by atoms with van der Waals surface area (Å²) in [6.07, 6.45) is 8.00. The van der Waals surface area contributed by atoms with E-state index in [1.165, 1.54) is 0 Å². The van der Waals surface area contributed by atoms with Crippen molar-refractivity contribution in [2.24, 2.45) is 0 Å². The van der Waals surface area contributed by atoms with Crippen LogP contribution in [0.25, 0.3) is 17.8 Å². The van der Waals surface area contributed by atoms with E-state index < -0.39 is 0 Å². The highest BCUT2D eigenvalue weighted by Crippen LogP contribution is 2.16. The molecule has 2 aromatic heterocycles. The minimum atomic E-state index is 0.426. The predicted octanol–water partition coefficient (Wildman–Crippen LogP) is 3.49. The fraction of sp³-hybridized carbons (Fsp3) is 0.263. The summed E-state index contributed by atoms with van der Waals surface area (Å²) in [5.74, 6) is 0.877. The summed E-state index contributed by atoms with van der Waals surface area (Å²) in [5.41, 5.74) is 2.97. The van der Waals surface area contributed by atoms with E-state index in [2.05, 4.69) is 28.5 Å². The normalized spacial score (nSPS) is 16.0. The lowest BCUT2D eigenvalue weighted by Crippen LogP contribution is -2.28. The number of imidazole rings is 1. The zero-order chi connectivity index (χ0) is 16.2. The number of nitrogens with zero attached hydrogens (tertiary/aromatic N) is 3. The minimum Gasteiger partial charge on any atom is -0.381 e. The average molecular weight is 320 g/mol. The van der Waals surface area contributed by atoms with Gasteiger partial charge in [0.2, 0.25) is 0 Å². The van der Waals surface area contributed by atoms with Crippen LogP contribution in [-0.2, 0) is 4.74 Å². The Morgan fingerprint density at radius 3 is 2.71 bits per heavy atom. The largest absolute Gasteiger partial charge is 0.381 e. The van der Waals surface area contributed by atoms with Gasteiger partial charge in [-0.1, -0.05) is 36.4 Å². The minimum absolute atomic E-state index is 0.426.